The summed E-state index contributed by atoms with van der Waals surface area (Å²) >= 11 is 0. The first-order chi connectivity index (χ1) is 22.7. The first kappa shape index (κ1) is 26.5. The molecule has 0 aliphatic heterocycles. The maximum absolute atomic E-state index is 10.7. The summed E-state index contributed by atoms with van der Waals surface area (Å²) in [5.41, 5.74) is 6.83. The van der Waals surface area contributed by atoms with E-state index >= 15 is 0 Å². The monoisotopic (exact) mass is 584 g/mol. The van der Waals surface area contributed by atoms with Crippen molar-refractivity contribution in [2.45, 2.75) is 0 Å². The van der Waals surface area contributed by atoms with Gasteiger partial charge in [-0.15, -0.1) is 0 Å². The van der Waals surface area contributed by atoms with Gasteiger partial charge in [0, 0.05) is 32.7 Å². The van der Waals surface area contributed by atoms with Gasteiger partial charge in [0.25, 0.3) is 0 Å². The predicted octanol–water partition coefficient (Wildman–Crippen LogP) is 9.03. The van der Waals surface area contributed by atoms with Crippen molar-refractivity contribution in [2.75, 3.05) is 0 Å². The van der Waals surface area contributed by atoms with Gasteiger partial charge < -0.3 is 9.13 Å². The van der Waals surface area contributed by atoms with Crippen molar-refractivity contribution in [3.05, 3.63) is 144 Å². The second kappa shape index (κ2) is 10.3. The second-order valence-electron chi connectivity index (χ2n) is 11.0. The molecule has 0 unspecified atom stereocenters. The quantitative estimate of drug-likeness (QED) is 0.207. The van der Waals surface area contributed by atoms with Crippen molar-refractivity contribution in [2.24, 2.45) is 0 Å². The first-order valence-corrected chi connectivity index (χ1v) is 14.6. The third-order valence-electron chi connectivity index (χ3n) is 8.67. The zero-order chi connectivity index (χ0) is 31.4. The van der Waals surface area contributed by atoms with E-state index in [1.807, 2.05) is 102 Å². The SMILES string of the molecule is N#Cc1ccc(-c2c(C#N)cc(C#N)c(C#N)c2-n2c3ccccc3c3ccccc32)c(-n2c3ccccc3c3ccccc32)c1. The summed E-state index contributed by atoms with van der Waals surface area (Å²) in [6.45, 7) is 0. The summed E-state index contributed by atoms with van der Waals surface area (Å²) < 4.78 is 4.11. The van der Waals surface area contributed by atoms with Crippen LogP contribution in [0.4, 0.5) is 0 Å². The number of benzene rings is 6. The Hall–Kier alpha value is -7.12. The minimum atomic E-state index is 0.117. The molecule has 6 nitrogen and oxygen atoms in total. The Morgan fingerprint density at radius 3 is 1.37 bits per heavy atom. The average molecular weight is 585 g/mol. The molecule has 0 atom stereocenters. The number of para-hydroxylation sites is 4. The third kappa shape index (κ3) is 3.66. The van der Waals surface area contributed by atoms with E-state index in [-0.39, 0.29) is 16.7 Å². The molecule has 2 aromatic heterocycles. The Bertz CT molecular complexity index is 2640. The fraction of sp³-hybridized carbons (Fsp3) is 0. The van der Waals surface area contributed by atoms with Crippen molar-refractivity contribution < 1.29 is 0 Å². The van der Waals surface area contributed by atoms with Crippen molar-refractivity contribution in [3.8, 4) is 46.8 Å². The summed E-state index contributed by atoms with van der Waals surface area (Å²) in [6.07, 6.45) is 0. The van der Waals surface area contributed by atoms with Gasteiger partial charge in [-0.25, -0.2) is 0 Å². The maximum atomic E-state index is 10.7. The molecule has 0 spiro atoms. The molecule has 6 heteroatoms. The highest BCUT2D eigenvalue weighted by Crippen LogP contribution is 2.44. The second-order valence-corrected chi connectivity index (χ2v) is 11.0. The van der Waals surface area contributed by atoms with Gasteiger partial charge in [-0.05, 0) is 42.5 Å². The summed E-state index contributed by atoms with van der Waals surface area (Å²) in [4.78, 5) is 0. The van der Waals surface area contributed by atoms with Crippen LogP contribution >= 0.6 is 0 Å². The Balaban J connectivity index is 1.61. The van der Waals surface area contributed by atoms with Crippen LogP contribution in [0.25, 0.3) is 66.1 Å². The maximum Gasteiger partial charge on any atom is 0.103 e. The topological polar surface area (TPSA) is 105 Å². The molecule has 0 fully saturated rings. The largest absolute Gasteiger partial charge is 0.309 e. The van der Waals surface area contributed by atoms with E-state index in [1.54, 1.807) is 6.07 Å². The molecule has 8 rings (SSSR count). The molecule has 2 heterocycles. The Morgan fingerprint density at radius 2 is 0.913 bits per heavy atom. The molecule has 46 heavy (non-hydrogen) atoms. The van der Waals surface area contributed by atoms with Gasteiger partial charge in [-0.3, -0.25) is 0 Å². The number of aromatic nitrogens is 2. The number of hydrogen-bond donors (Lipinski definition) is 0. The van der Waals surface area contributed by atoms with Crippen LogP contribution in [0.1, 0.15) is 22.3 Å². The lowest BCUT2D eigenvalue weighted by Gasteiger charge is -2.21. The van der Waals surface area contributed by atoms with Crippen molar-refractivity contribution in [1.29, 1.82) is 21.0 Å². The number of fused-ring (bicyclic) bond motifs is 6. The van der Waals surface area contributed by atoms with Gasteiger partial charge >= 0.3 is 0 Å². The van der Waals surface area contributed by atoms with E-state index in [1.165, 1.54) is 6.07 Å². The van der Waals surface area contributed by atoms with Crippen LogP contribution < -0.4 is 0 Å². The van der Waals surface area contributed by atoms with Crippen molar-refractivity contribution in [1.82, 2.24) is 9.13 Å². The summed E-state index contributed by atoms with van der Waals surface area (Å²) in [7, 11) is 0. The third-order valence-corrected chi connectivity index (χ3v) is 8.67. The minimum absolute atomic E-state index is 0.117. The molecule has 0 aliphatic rings. The van der Waals surface area contributed by atoms with E-state index in [0.717, 1.165) is 43.6 Å². The predicted molar refractivity (Wildman–Crippen MR) is 179 cm³/mol. The molecule has 0 N–H and O–H groups in total. The normalized spacial score (nSPS) is 11.0. The highest BCUT2D eigenvalue weighted by Gasteiger charge is 2.27. The average Bonchev–Trinajstić information content (AvgIpc) is 3.63. The smallest absolute Gasteiger partial charge is 0.103 e. The van der Waals surface area contributed by atoms with E-state index in [4.69, 9.17) is 0 Å². The molecule has 0 saturated heterocycles. The minimum Gasteiger partial charge on any atom is -0.309 e. The molecular formula is C40H20N6. The Kier molecular flexibility index (Phi) is 5.91. The van der Waals surface area contributed by atoms with Crippen LogP contribution in [0.2, 0.25) is 0 Å². The van der Waals surface area contributed by atoms with Crippen LogP contribution in [-0.4, -0.2) is 9.13 Å². The molecule has 8 aromatic rings. The lowest BCUT2D eigenvalue weighted by Crippen LogP contribution is -2.07. The van der Waals surface area contributed by atoms with E-state index in [0.29, 0.717) is 28.1 Å². The van der Waals surface area contributed by atoms with Gasteiger partial charge in [-0.1, -0.05) is 78.9 Å². The number of nitrogens with zero attached hydrogens (tertiary/aromatic N) is 6. The van der Waals surface area contributed by atoms with Crippen LogP contribution in [0, 0.1) is 45.3 Å². The molecule has 0 aliphatic carbocycles. The van der Waals surface area contributed by atoms with Crippen LogP contribution in [0.5, 0.6) is 0 Å². The summed E-state index contributed by atoms with van der Waals surface area (Å²) in [5, 5.41) is 45.7. The lowest BCUT2D eigenvalue weighted by molar-refractivity contribution is 1.14. The van der Waals surface area contributed by atoms with E-state index < -0.39 is 0 Å². The van der Waals surface area contributed by atoms with Crippen LogP contribution in [-0.2, 0) is 0 Å². The van der Waals surface area contributed by atoms with Gasteiger partial charge in [0.15, 0.2) is 0 Å². The standard InChI is InChI=1S/C40H20N6/c41-21-25-17-18-32(38(19-25)45-34-13-5-1-9-28(34)29-10-2-6-14-35(29)45)39-27(23-43)20-26(22-42)33(24-44)40(39)46-36-15-7-3-11-30(36)31-12-4-8-16-37(31)46/h1-20H. The van der Waals surface area contributed by atoms with Crippen molar-refractivity contribution >= 4 is 43.6 Å². The zero-order valence-corrected chi connectivity index (χ0v) is 24.2. The van der Waals surface area contributed by atoms with E-state index in [2.05, 4.69) is 41.0 Å². The van der Waals surface area contributed by atoms with Crippen LogP contribution in [0.15, 0.2) is 121 Å². The molecular weight excluding hydrogens is 564 g/mol. The van der Waals surface area contributed by atoms with Crippen molar-refractivity contribution in [3.63, 3.8) is 0 Å². The fourth-order valence-electron chi connectivity index (χ4n) is 6.80. The van der Waals surface area contributed by atoms with Gasteiger partial charge in [-0.2, -0.15) is 21.0 Å². The van der Waals surface area contributed by atoms with Crippen LogP contribution in [0.3, 0.4) is 0 Å². The number of hydrogen-bond acceptors (Lipinski definition) is 4. The highest BCUT2D eigenvalue weighted by molar-refractivity contribution is 6.12. The Morgan fingerprint density at radius 1 is 0.435 bits per heavy atom. The lowest BCUT2D eigenvalue weighted by atomic mass is 9.90. The molecule has 210 valence electrons. The van der Waals surface area contributed by atoms with Gasteiger partial charge in [0.2, 0.25) is 0 Å². The summed E-state index contributed by atoms with van der Waals surface area (Å²) in [6, 6.07) is 48.0. The highest BCUT2D eigenvalue weighted by atomic mass is 15.0. The summed E-state index contributed by atoms with van der Waals surface area (Å²) in [5.74, 6) is 0. The molecule has 0 amide bonds. The number of nitriles is 4. The number of rotatable bonds is 3. The van der Waals surface area contributed by atoms with Gasteiger partial charge in [0.1, 0.15) is 12.1 Å². The molecule has 0 bridgehead atoms. The molecule has 0 radical (unpaired) electrons. The van der Waals surface area contributed by atoms with E-state index in [9.17, 15) is 21.0 Å². The molecule has 6 aromatic carbocycles. The zero-order valence-electron chi connectivity index (χ0n) is 24.2. The Labute approximate surface area is 263 Å². The van der Waals surface area contributed by atoms with Gasteiger partial charge in [0.05, 0.1) is 67.8 Å². The molecule has 0 saturated carbocycles. The fourth-order valence-corrected chi connectivity index (χ4v) is 6.80. The first-order valence-electron chi connectivity index (χ1n) is 14.6.